The molecule has 1 aliphatic rings. The quantitative estimate of drug-likeness (QED) is 0.643. The molecule has 1 aromatic carbocycles. The third-order valence-corrected chi connectivity index (χ3v) is 4.48. The highest BCUT2D eigenvalue weighted by Crippen LogP contribution is 2.25. The van der Waals surface area contributed by atoms with Crippen molar-refractivity contribution >= 4 is 5.71 Å². The topological polar surface area (TPSA) is 112 Å². The zero-order valence-electron chi connectivity index (χ0n) is 14.3. The lowest BCUT2D eigenvalue weighted by atomic mass is 10.0. The first-order valence-electron chi connectivity index (χ1n) is 8.46. The van der Waals surface area contributed by atoms with Crippen LogP contribution in [0.2, 0.25) is 0 Å². The monoisotopic (exact) mass is 363 g/mol. The third-order valence-electron chi connectivity index (χ3n) is 4.48. The molecule has 3 N–H and O–H groups in total. The number of aromatic hydroxyl groups is 1. The molecular weight excluding hydrogens is 346 g/mol. The van der Waals surface area contributed by atoms with Crippen LogP contribution in [0.3, 0.4) is 0 Å². The van der Waals surface area contributed by atoms with E-state index in [0.717, 1.165) is 15.7 Å². The number of nitrogens with zero attached hydrogens (tertiary/aromatic N) is 3. The molecule has 0 spiro atoms. The van der Waals surface area contributed by atoms with Gasteiger partial charge in [-0.05, 0) is 17.2 Å². The van der Waals surface area contributed by atoms with Crippen LogP contribution in [0.15, 0.2) is 69.5 Å². The van der Waals surface area contributed by atoms with Gasteiger partial charge in [0.15, 0.2) is 0 Å². The summed E-state index contributed by atoms with van der Waals surface area (Å²) in [6.07, 6.45) is 3.79. The largest absolute Gasteiger partial charge is 0.494 e. The van der Waals surface area contributed by atoms with Gasteiger partial charge in [0.25, 0.3) is 5.56 Å². The lowest BCUT2D eigenvalue weighted by Gasteiger charge is -2.12. The third kappa shape index (κ3) is 3.24. The Balaban J connectivity index is 1.68. The van der Waals surface area contributed by atoms with Crippen LogP contribution in [-0.4, -0.2) is 25.4 Å². The summed E-state index contributed by atoms with van der Waals surface area (Å²) in [4.78, 5) is 30.9. The molecule has 2 aromatic heterocycles. The van der Waals surface area contributed by atoms with E-state index < -0.39 is 11.2 Å². The van der Waals surface area contributed by atoms with Crippen molar-refractivity contribution in [3.8, 4) is 5.88 Å². The van der Waals surface area contributed by atoms with Crippen LogP contribution in [0.4, 0.5) is 0 Å². The van der Waals surface area contributed by atoms with Crippen LogP contribution in [0.25, 0.3) is 0 Å². The molecule has 1 atom stereocenters. The molecule has 0 saturated heterocycles. The van der Waals surface area contributed by atoms with Gasteiger partial charge in [-0.3, -0.25) is 19.3 Å². The smallest absolute Gasteiger partial charge is 0.331 e. The van der Waals surface area contributed by atoms with Gasteiger partial charge < -0.3 is 10.5 Å². The molecule has 3 heterocycles. The number of hydrazone groups is 1. The number of aromatic nitrogens is 3. The van der Waals surface area contributed by atoms with Crippen LogP contribution in [-0.2, 0) is 6.54 Å². The average molecular weight is 363 g/mol. The molecule has 0 amide bonds. The van der Waals surface area contributed by atoms with Gasteiger partial charge in [-0.15, -0.1) is 0 Å². The van der Waals surface area contributed by atoms with E-state index in [1.807, 2.05) is 42.5 Å². The van der Waals surface area contributed by atoms with E-state index in [1.165, 1.54) is 0 Å². The first-order chi connectivity index (χ1) is 13.1. The Morgan fingerprint density at radius 2 is 1.96 bits per heavy atom. The highest BCUT2D eigenvalue weighted by atomic mass is 16.3. The van der Waals surface area contributed by atoms with Crippen molar-refractivity contribution in [1.29, 1.82) is 0 Å². The molecule has 0 saturated carbocycles. The Labute approximate surface area is 153 Å². The van der Waals surface area contributed by atoms with Crippen molar-refractivity contribution in [2.24, 2.45) is 5.10 Å². The molecule has 1 aliphatic heterocycles. The molecule has 8 heteroatoms. The summed E-state index contributed by atoms with van der Waals surface area (Å²) in [5, 5.41) is 14.9. The van der Waals surface area contributed by atoms with Crippen LogP contribution in [0.1, 0.15) is 29.2 Å². The lowest BCUT2D eigenvalue weighted by molar-refractivity contribution is 0.408. The molecule has 8 nitrogen and oxygen atoms in total. The zero-order chi connectivity index (χ0) is 18.8. The van der Waals surface area contributed by atoms with E-state index in [9.17, 15) is 14.7 Å². The summed E-state index contributed by atoms with van der Waals surface area (Å²) in [6, 6.07) is 12.8. The van der Waals surface area contributed by atoms with Gasteiger partial charge in [0.2, 0.25) is 5.88 Å². The molecule has 0 bridgehead atoms. The Morgan fingerprint density at radius 3 is 2.70 bits per heavy atom. The van der Waals surface area contributed by atoms with E-state index in [2.05, 4.69) is 20.5 Å². The first kappa shape index (κ1) is 16.8. The second kappa shape index (κ2) is 6.91. The number of rotatable bonds is 4. The molecule has 0 fully saturated rings. The van der Waals surface area contributed by atoms with Crippen molar-refractivity contribution in [1.82, 2.24) is 20.0 Å². The predicted octanol–water partition coefficient (Wildman–Crippen LogP) is 1.12. The average Bonchev–Trinajstić information content (AvgIpc) is 3.16. The summed E-state index contributed by atoms with van der Waals surface area (Å²) in [5.74, 6) is -0.389. The Hall–Kier alpha value is -3.68. The summed E-state index contributed by atoms with van der Waals surface area (Å²) < 4.78 is 1.13. The molecule has 0 aliphatic carbocycles. The van der Waals surface area contributed by atoms with Crippen LogP contribution in [0, 0.1) is 0 Å². The minimum Gasteiger partial charge on any atom is -0.494 e. The number of hydrogen-bond donors (Lipinski definition) is 3. The van der Waals surface area contributed by atoms with Gasteiger partial charge in [0.05, 0.1) is 18.3 Å². The number of benzene rings is 1. The highest BCUT2D eigenvalue weighted by Gasteiger charge is 2.27. The summed E-state index contributed by atoms with van der Waals surface area (Å²) in [7, 11) is 0. The minimum atomic E-state index is -0.666. The molecule has 3 aromatic rings. The number of aromatic amines is 1. The van der Waals surface area contributed by atoms with Gasteiger partial charge >= 0.3 is 5.69 Å². The maximum Gasteiger partial charge on any atom is 0.331 e. The normalized spacial score (nSPS) is 16.0. The van der Waals surface area contributed by atoms with Crippen molar-refractivity contribution in [3.63, 3.8) is 0 Å². The maximum atomic E-state index is 12.3. The first-order valence-corrected chi connectivity index (χ1v) is 8.46. The molecule has 0 radical (unpaired) electrons. The number of H-pyrrole nitrogens is 1. The minimum absolute atomic E-state index is 0.00409. The van der Waals surface area contributed by atoms with Gasteiger partial charge in [0, 0.05) is 18.8 Å². The fourth-order valence-corrected chi connectivity index (χ4v) is 3.11. The highest BCUT2D eigenvalue weighted by molar-refractivity contribution is 6.03. The van der Waals surface area contributed by atoms with Crippen molar-refractivity contribution in [2.45, 2.75) is 19.0 Å². The zero-order valence-corrected chi connectivity index (χ0v) is 14.3. The van der Waals surface area contributed by atoms with Crippen molar-refractivity contribution < 1.29 is 5.11 Å². The molecular formula is C19H17N5O3. The number of nitrogens with one attached hydrogen (secondary N) is 2. The Bertz CT molecular complexity index is 1100. The van der Waals surface area contributed by atoms with Crippen LogP contribution >= 0.6 is 0 Å². The lowest BCUT2D eigenvalue weighted by Crippen LogP contribution is -2.34. The van der Waals surface area contributed by atoms with Gasteiger partial charge in [-0.25, -0.2) is 4.79 Å². The standard InChI is InChI=1S/C19H17N5O3/c25-17-16(15-9-14(22-23-15)13-7-4-8-20-10-13)18(26)24(19(27)21-17)11-12-5-2-1-3-6-12/h1-8,10,14,22,26H,9,11H2,(H,21,25,27)/t14-/m0/s1. The number of hydrogen-bond acceptors (Lipinski definition) is 6. The Morgan fingerprint density at radius 1 is 1.15 bits per heavy atom. The van der Waals surface area contributed by atoms with E-state index >= 15 is 0 Å². The molecule has 0 unspecified atom stereocenters. The fourth-order valence-electron chi connectivity index (χ4n) is 3.11. The molecule has 27 heavy (non-hydrogen) atoms. The van der Waals surface area contributed by atoms with E-state index in [1.54, 1.807) is 12.4 Å². The maximum absolute atomic E-state index is 12.3. The van der Waals surface area contributed by atoms with Gasteiger partial charge in [0.1, 0.15) is 5.56 Å². The SMILES string of the molecule is O=c1[nH]c(=O)n(Cc2ccccc2)c(O)c1C1=NN[C@H](c2cccnc2)C1. The van der Waals surface area contributed by atoms with Crippen LogP contribution in [0.5, 0.6) is 5.88 Å². The summed E-state index contributed by atoms with van der Waals surface area (Å²) in [5.41, 5.74) is 3.78. The van der Waals surface area contributed by atoms with E-state index in [0.29, 0.717) is 12.1 Å². The predicted molar refractivity (Wildman–Crippen MR) is 99.8 cm³/mol. The second-order valence-electron chi connectivity index (χ2n) is 6.26. The molecule has 4 rings (SSSR count). The van der Waals surface area contributed by atoms with E-state index in [-0.39, 0.29) is 24.0 Å². The Kier molecular flexibility index (Phi) is 4.29. The summed E-state index contributed by atoms with van der Waals surface area (Å²) in [6.45, 7) is 0.141. The second-order valence-corrected chi connectivity index (χ2v) is 6.26. The van der Waals surface area contributed by atoms with Crippen LogP contribution < -0.4 is 16.7 Å². The van der Waals surface area contributed by atoms with Gasteiger partial charge in [-0.2, -0.15) is 5.10 Å². The number of pyridine rings is 1. The van der Waals surface area contributed by atoms with E-state index in [4.69, 9.17) is 0 Å². The summed E-state index contributed by atoms with van der Waals surface area (Å²) >= 11 is 0. The van der Waals surface area contributed by atoms with Crippen molar-refractivity contribution in [2.75, 3.05) is 0 Å². The van der Waals surface area contributed by atoms with Gasteiger partial charge in [-0.1, -0.05) is 36.4 Å². The fraction of sp³-hybridized carbons (Fsp3) is 0.158. The van der Waals surface area contributed by atoms with Crippen molar-refractivity contribution in [3.05, 3.63) is 92.4 Å². The molecule has 136 valence electrons.